The Balaban J connectivity index is 2.45. The minimum atomic E-state index is -0.0906. The Morgan fingerprint density at radius 3 is 3.25 bits per heavy atom. The van der Waals surface area contributed by atoms with Crippen LogP contribution in [-0.2, 0) is 4.79 Å². The van der Waals surface area contributed by atoms with E-state index in [4.69, 9.17) is 0 Å². The molecule has 0 aromatic carbocycles. The number of imidazole rings is 1. The van der Waals surface area contributed by atoms with Crippen molar-refractivity contribution in [1.29, 1.82) is 0 Å². The second-order valence-electron chi connectivity index (χ2n) is 2.23. The Kier molecular flexibility index (Phi) is 3.07. The number of likely N-dealkylation sites (N-methyl/N-ethyl adjacent to an activating group) is 1. The number of aromatic amines is 1. The highest BCUT2D eigenvalue weighted by Gasteiger charge is 1.91. The average Bonchev–Trinajstić information content (AvgIpc) is 2.53. The SMILES string of the molecule is CCNC(=O)/C=C/c1cnc[nH]1. The summed E-state index contributed by atoms with van der Waals surface area (Å²) in [6.45, 7) is 2.52. The molecule has 1 amide bonds. The molecule has 0 fully saturated rings. The first kappa shape index (κ1) is 8.52. The van der Waals surface area contributed by atoms with Gasteiger partial charge in [-0.3, -0.25) is 4.79 Å². The van der Waals surface area contributed by atoms with Crippen molar-refractivity contribution in [2.75, 3.05) is 6.54 Å². The third kappa shape index (κ3) is 2.57. The summed E-state index contributed by atoms with van der Waals surface area (Å²) in [4.78, 5) is 17.6. The van der Waals surface area contributed by atoms with Crippen molar-refractivity contribution >= 4 is 12.0 Å². The maximum Gasteiger partial charge on any atom is 0.244 e. The Labute approximate surface area is 70.7 Å². The molecule has 0 atom stereocenters. The molecule has 1 aromatic rings. The topological polar surface area (TPSA) is 57.8 Å². The molecule has 0 radical (unpaired) electrons. The first-order valence-corrected chi connectivity index (χ1v) is 3.77. The fourth-order valence-corrected chi connectivity index (χ4v) is 0.756. The minimum absolute atomic E-state index is 0.0906. The lowest BCUT2D eigenvalue weighted by atomic mass is 10.4. The Hall–Kier alpha value is -1.58. The predicted molar refractivity (Wildman–Crippen MR) is 46.3 cm³/mol. The van der Waals surface area contributed by atoms with E-state index in [9.17, 15) is 4.79 Å². The van der Waals surface area contributed by atoms with Crippen molar-refractivity contribution in [3.8, 4) is 0 Å². The molecule has 1 heterocycles. The molecule has 4 nitrogen and oxygen atoms in total. The van der Waals surface area contributed by atoms with Gasteiger partial charge in [0.1, 0.15) is 0 Å². The summed E-state index contributed by atoms with van der Waals surface area (Å²) < 4.78 is 0. The van der Waals surface area contributed by atoms with Gasteiger partial charge in [-0.05, 0) is 13.0 Å². The van der Waals surface area contributed by atoms with E-state index in [1.807, 2.05) is 6.92 Å². The number of H-pyrrole nitrogens is 1. The normalized spacial score (nSPS) is 10.4. The lowest BCUT2D eigenvalue weighted by Gasteiger charge is -1.92. The highest BCUT2D eigenvalue weighted by Crippen LogP contribution is 1.93. The third-order valence-corrected chi connectivity index (χ3v) is 1.28. The maximum absolute atomic E-state index is 10.9. The van der Waals surface area contributed by atoms with Crippen LogP contribution >= 0.6 is 0 Å². The molecular formula is C8H11N3O. The number of rotatable bonds is 3. The molecular weight excluding hydrogens is 154 g/mol. The lowest BCUT2D eigenvalue weighted by molar-refractivity contribution is -0.116. The molecule has 4 heteroatoms. The van der Waals surface area contributed by atoms with Crippen LogP contribution in [0.25, 0.3) is 6.08 Å². The van der Waals surface area contributed by atoms with E-state index in [2.05, 4.69) is 15.3 Å². The van der Waals surface area contributed by atoms with Crippen molar-refractivity contribution in [3.05, 3.63) is 24.3 Å². The van der Waals surface area contributed by atoms with Gasteiger partial charge in [-0.2, -0.15) is 0 Å². The van der Waals surface area contributed by atoms with Gasteiger partial charge in [0.05, 0.1) is 18.2 Å². The summed E-state index contributed by atoms with van der Waals surface area (Å²) in [6.07, 6.45) is 6.36. The van der Waals surface area contributed by atoms with Gasteiger partial charge in [-0.25, -0.2) is 4.98 Å². The van der Waals surface area contributed by atoms with Crippen LogP contribution in [0, 0.1) is 0 Å². The van der Waals surface area contributed by atoms with Gasteiger partial charge in [0.15, 0.2) is 0 Å². The van der Waals surface area contributed by atoms with E-state index in [0.717, 1.165) is 5.69 Å². The summed E-state index contributed by atoms with van der Waals surface area (Å²) >= 11 is 0. The molecule has 0 aliphatic heterocycles. The van der Waals surface area contributed by atoms with E-state index >= 15 is 0 Å². The van der Waals surface area contributed by atoms with Crippen LogP contribution in [0.3, 0.4) is 0 Å². The number of carbonyl (C=O) groups is 1. The number of hydrogen-bond acceptors (Lipinski definition) is 2. The van der Waals surface area contributed by atoms with Crippen LogP contribution < -0.4 is 5.32 Å². The van der Waals surface area contributed by atoms with Crippen LogP contribution in [-0.4, -0.2) is 22.4 Å². The van der Waals surface area contributed by atoms with Gasteiger partial charge in [0.25, 0.3) is 0 Å². The highest BCUT2D eigenvalue weighted by molar-refractivity contribution is 5.91. The Morgan fingerprint density at radius 2 is 2.67 bits per heavy atom. The average molecular weight is 165 g/mol. The van der Waals surface area contributed by atoms with E-state index in [1.165, 1.54) is 6.08 Å². The van der Waals surface area contributed by atoms with Crippen LogP contribution in [0.15, 0.2) is 18.6 Å². The van der Waals surface area contributed by atoms with Gasteiger partial charge in [-0.1, -0.05) is 0 Å². The summed E-state index contributed by atoms with van der Waals surface area (Å²) in [5.74, 6) is -0.0906. The third-order valence-electron chi connectivity index (χ3n) is 1.28. The standard InChI is InChI=1S/C8H11N3O/c1-2-10-8(12)4-3-7-5-9-6-11-7/h3-6H,2H2,1H3,(H,9,11)(H,10,12)/b4-3+. The zero-order valence-electron chi connectivity index (χ0n) is 6.87. The molecule has 0 aliphatic rings. The Bertz CT molecular complexity index is 264. The smallest absolute Gasteiger partial charge is 0.244 e. The molecule has 0 bridgehead atoms. The van der Waals surface area contributed by atoms with Crippen LogP contribution in [0.1, 0.15) is 12.6 Å². The first-order chi connectivity index (χ1) is 5.83. The van der Waals surface area contributed by atoms with Gasteiger partial charge in [-0.15, -0.1) is 0 Å². The molecule has 0 spiro atoms. The van der Waals surface area contributed by atoms with Gasteiger partial charge in [0, 0.05) is 12.6 Å². The molecule has 1 aromatic heterocycles. The fourth-order valence-electron chi connectivity index (χ4n) is 0.756. The Morgan fingerprint density at radius 1 is 1.83 bits per heavy atom. The maximum atomic E-state index is 10.9. The number of aromatic nitrogens is 2. The molecule has 0 aliphatic carbocycles. The van der Waals surface area contributed by atoms with Crippen molar-refractivity contribution in [3.63, 3.8) is 0 Å². The van der Waals surface area contributed by atoms with Crippen molar-refractivity contribution in [1.82, 2.24) is 15.3 Å². The second-order valence-corrected chi connectivity index (χ2v) is 2.23. The minimum Gasteiger partial charge on any atom is -0.353 e. The number of nitrogens with zero attached hydrogens (tertiary/aromatic N) is 1. The number of amides is 1. The monoisotopic (exact) mass is 165 g/mol. The summed E-state index contributed by atoms with van der Waals surface area (Å²) in [7, 11) is 0. The van der Waals surface area contributed by atoms with E-state index in [1.54, 1.807) is 18.6 Å². The lowest BCUT2D eigenvalue weighted by Crippen LogP contribution is -2.19. The van der Waals surface area contributed by atoms with Crippen molar-refractivity contribution in [2.24, 2.45) is 0 Å². The first-order valence-electron chi connectivity index (χ1n) is 3.77. The second kappa shape index (κ2) is 4.33. The summed E-state index contributed by atoms with van der Waals surface area (Å²) in [5, 5.41) is 2.65. The van der Waals surface area contributed by atoms with Gasteiger partial charge >= 0.3 is 0 Å². The molecule has 0 saturated heterocycles. The fraction of sp³-hybridized carbons (Fsp3) is 0.250. The van der Waals surface area contributed by atoms with Crippen LogP contribution in [0.5, 0.6) is 0 Å². The molecule has 1 rings (SSSR count). The van der Waals surface area contributed by atoms with Crippen LogP contribution in [0.2, 0.25) is 0 Å². The quantitative estimate of drug-likeness (QED) is 0.643. The van der Waals surface area contributed by atoms with E-state index < -0.39 is 0 Å². The van der Waals surface area contributed by atoms with Crippen molar-refractivity contribution in [2.45, 2.75) is 6.92 Å². The van der Waals surface area contributed by atoms with Crippen molar-refractivity contribution < 1.29 is 4.79 Å². The number of nitrogens with one attached hydrogen (secondary N) is 2. The van der Waals surface area contributed by atoms with Crippen LogP contribution in [0.4, 0.5) is 0 Å². The van der Waals surface area contributed by atoms with Gasteiger partial charge in [0.2, 0.25) is 5.91 Å². The number of carbonyl (C=O) groups excluding carboxylic acids is 1. The molecule has 12 heavy (non-hydrogen) atoms. The zero-order chi connectivity index (χ0) is 8.81. The summed E-state index contributed by atoms with van der Waals surface area (Å²) in [6, 6.07) is 0. The van der Waals surface area contributed by atoms with E-state index in [0.29, 0.717) is 6.54 Å². The number of hydrogen-bond donors (Lipinski definition) is 2. The molecule has 0 saturated carbocycles. The highest BCUT2D eigenvalue weighted by atomic mass is 16.1. The largest absolute Gasteiger partial charge is 0.353 e. The molecule has 2 N–H and O–H groups in total. The zero-order valence-corrected chi connectivity index (χ0v) is 6.87. The van der Waals surface area contributed by atoms with Gasteiger partial charge < -0.3 is 10.3 Å². The van der Waals surface area contributed by atoms with E-state index in [-0.39, 0.29) is 5.91 Å². The predicted octanol–water partition coefficient (Wildman–Crippen LogP) is 0.559. The molecule has 0 unspecified atom stereocenters. The summed E-state index contributed by atoms with van der Waals surface area (Å²) in [5.41, 5.74) is 0.821. The molecule has 64 valence electrons.